The van der Waals surface area contributed by atoms with Crippen molar-refractivity contribution < 1.29 is 23.7 Å². The highest BCUT2D eigenvalue weighted by Crippen LogP contribution is 2.71. The van der Waals surface area contributed by atoms with Crippen molar-refractivity contribution in [3.63, 3.8) is 0 Å². The fraction of sp³-hybridized carbons (Fsp3) is 0.731. The molecule has 3 fully saturated rings. The van der Waals surface area contributed by atoms with Gasteiger partial charge in [0.2, 0.25) is 5.91 Å². The molecule has 1 N–H and O–H groups in total. The van der Waals surface area contributed by atoms with Crippen LogP contribution in [-0.2, 0) is 9.53 Å². The van der Waals surface area contributed by atoms with E-state index in [1.807, 2.05) is 6.07 Å². The lowest BCUT2D eigenvalue weighted by Crippen LogP contribution is -2.58. The molecule has 1 aromatic carbocycles. The smallest absolute Gasteiger partial charge is 0.220 e. The number of carbonyl (C=O) groups is 1. The van der Waals surface area contributed by atoms with E-state index in [1.165, 1.54) is 0 Å². The van der Waals surface area contributed by atoms with Crippen LogP contribution >= 0.6 is 0 Å². The summed E-state index contributed by atoms with van der Waals surface area (Å²) >= 11 is 0. The molecule has 1 saturated heterocycles. The zero-order chi connectivity index (χ0) is 22.5. The van der Waals surface area contributed by atoms with E-state index >= 15 is 0 Å². The van der Waals surface area contributed by atoms with Gasteiger partial charge < -0.3 is 24.3 Å². The van der Waals surface area contributed by atoms with E-state index < -0.39 is 0 Å². The molecule has 176 valence electrons. The van der Waals surface area contributed by atoms with Gasteiger partial charge in [0.1, 0.15) is 5.75 Å². The highest BCUT2D eigenvalue weighted by molar-refractivity contribution is 5.76. The van der Waals surface area contributed by atoms with Crippen LogP contribution in [0.3, 0.4) is 0 Å². The Morgan fingerprint density at radius 1 is 1.19 bits per heavy atom. The minimum Gasteiger partial charge on any atom is -0.496 e. The van der Waals surface area contributed by atoms with Gasteiger partial charge in [-0.1, -0.05) is 20.8 Å². The van der Waals surface area contributed by atoms with Gasteiger partial charge in [0, 0.05) is 37.1 Å². The van der Waals surface area contributed by atoms with Crippen LogP contribution in [0, 0.1) is 22.7 Å². The van der Waals surface area contributed by atoms with Crippen LogP contribution in [0.1, 0.15) is 71.0 Å². The van der Waals surface area contributed by atoms with E-state index in [4.69, 9.17) is 18.9 Å². The lowest BCUT2D eigenvalue weighted by molar-refractivity contribution is -0.137. The van der Waals surface area contributed by atoms with Gasteiger partial charge in [-0.3, -0.25) is 4.79 Å². The Hall–Kier alpha value is -1.95. The van der Waals surface area contributed by atoms with Crippen molar-refractivity contribution in [2.45, 2.75) is 71.4 Å². The largest absolute Gasteiger partial charge is 0.496 e. The molecule has 1 amide bonds. The molecule has 2 bridgehead atoms. The highest BCUT2D eigenvalue weighted by atomic mass is 16.5. The predicted octanol–water partition coefficient (Wildman–Crippen LogP) is 4.66. The second-order valence-corrected chi connectivity index (χ2v) is 10.7. The van der Waals surface area contributed by atoms with Gasteiger partial charge in [-0.25, -0.2) is 0 Å². The minimum absolute atomic E-state index is 0.0651. The van der Waals surface area contributed by atoms with Gasteiger partial charge in [0.05, 0.1) is 26.4 Å². The van der Waals surface area contributed by atoms with Crippen LogP contribution in [0.4, 0.5) is 0 Å². The summed E-state index contributed by atoms with van der Waals surface area (Å²) in [6, 6.07) is 4.21. The Labute approximate surface area is 191 Å². The summed E-state index contributed by atoms with van der Waals surface area (Å²) in [6.07, 6.45) is 5.55. The second-order valence-electron chi connectivity index (χ2n) is 10.7. The number of ether oxygens (including phenoxy) is 4. The summed E-state index contributed by atoms with van der Waals surface area (Å²) in [6.45, 7) is 8.75. The molecule has 32 heavy (non-hydrogen) atoms. The van der Waals surface area contributed by atoms with Crippen molar-refractivity contribution in [2.75, 3.05) is 26.9 Å². The number of methoxy groups -OCH3 is 1. The molecule has 5 atom stereocenters. The third-order valence-electron chi connectivity index (χ3n) is 8.69. The molecule has 1 spiro atoms. The van der Waals surface area contributed by atoms with Gasteiger partial charge in [-0.2, -0.15) is 0 Å². The molecular formula is C26H37NO5. The zero-order valence-corrected chi connectivity index (χ0v) is 19.9. The topological polar surface area (TPSA) is 66.0 Å². The Bertz CT molecular complexity index is 883. The third kappa shape index (κ3) is 3.28. The summed E-state index contributed by atoms with van der Waals surface area (Å²) in [7, 11) is 1.71. The first-order valence-electron chi connectivity index (χ1n) is 12.3. The molecule has 2 saturated carbocycles. The van der Waals surface area contributed by atoms with E-state index in [0.717, 1.165) is 54.9 Å². The maximum Gasteiger partial charge on any atom is 0.220 e. The summed E-state index contributed by atoms with van der Waals surface area (Å²) in [4.78, 5) is 12.7. The number of fused-ring (bicyclic) bond motifs is 2. The van der Waals surface area contributed by atoms with Gasteiger partial charge >= 0.3 is 0 Å². The highest BCUT2D eigenvalue weighted by Gasteiger charge is 2.68. The van der Waals surface area contributed by atoms with E-state index in [0.29, 0.717) is 38.1 Å². The summed E-state index contributed by atoms with van der Waals surface area (Å²) in [5.74, 6) is 3.42. The van der Waals surface area contributed by atoms with E-state index in [-0.39, 0.29) is 28.9 Å². The van der Waals surface area contributed by atoms with Crippen molar-refractivity contribution in [1.29, 1.82) is 0 Å². The molecule has 5 rings (SSSR count). The number of amides is 1. The molecular weight excluding hydrogens is 406 g/mol. The Morgan fingerprint density at radius 3 is 2.66 bits per heavy atom. The van der Waals surface area contributed by atoms with Crippen molar-refractivity contribution in [3.8, 4) is 17.2 Å². The fourth-order valence-corrected chi connectivity index (χ4v) is 7.16. The number of rotatable bonds is 5. The molecule has 0 unspecified atom stereocenters. The Morgan fingerprint density at radius 2 is 1.94 bits per heavy atom. The second kappa shape index (κ2) is 8.12. The molecule has 6 heteroatoms. The zero-order valence-electron chi connectivity index (χ0n) is 19.9. The number of hydrogen-bond donors (Lipinski definition) is 1. The molecule has 6 nitrogen and oxygen atoms in total. The third-order valence-corrected chi connectivity index (χ3v) is 8.69. The molecule has 2 aliphatic heterocycles. The normalized spacial score (nSPS) is 34.5. The first kappa shape index (κ1) is 21.9. The SMILES string of the molecule is CCCC(=O)N[C@H]1C(C)(C)[C@@H]2C[C@@H]3[C@@H](c4cc5c(cc4OC)OCCCO5)OCC[C@@]31C2. The van der Waals surface area contributed by atoms with Crippen molar-refractivity contribution >= 4 is 5.91 Å². The van der Waals surface area contributed by atoms with Crippen LogP contribution < -0.4 is 19.5 Å². The van der Waals surface area contributed by atoms with Gasteiger partial charge in [-0.05, 0) is 54.4 Å². The maximum atomic E-state index is 12.7. The summed E-state index contributed by atoms with van der Waals surface area (Å²) in [5, 5.41) is 3.48. The first-order valence-corrected chi connectivity index (χ1v) is 12.3. The van der Waals surface area contributed by atoms with E-state index in [1.54, 1.807) is 7.11 Å². The number of nitrogens with one attached hydrogen (secondary N) is 1. The van der Waals surface area contributed by atoms with Crippen LogP contribution in [0.25, 0.3) is 0 Å². The van der Waals surface area contributed by atoms with Crippen LogP contribution in [0.5, 0.6) is 17.2 Å². The molecule has 4 aliphatic rings. The maximum absolute atomic E-state index is 12.7. The van der Waals surface area contributed by atoms with Gasteiger partial charge in [-0.15, -0.1) is 0 Å². The average molecular weight is 444 g/mol. The molecule has 1 aromatic rings. The van der Waals surface area contributed by atoms with Crippen molar-refractivity contribution in [1.82, 2.24) is 5.32 Å². The number of benzene rings is 1. The monoisotopic (exact) mass is 443 g/mol. The van der Waals surface area contributed by atoms with E-state index in [2.05, 4.69) is 32.2 Å². The van der Waals surface area contributed by atoms with Gasteiger partial charge in [0.25, 0.3) is 0 Å². The lowest BCUT2D eigenvalue weighted by Gasteiger charge is -2.53. The van der Waals surface area contributed by atoms with Crippen LogP contribution in [0.15, 0.2) is 12.1 Å². The van der Waals surface area contributed by atoms with E-state index in [9.17, 15) is 4.79 Å². The van der Waals surface area contributed by atoms with Crippen LogP contribution in [-0.4, -0.2) is 38.9 Å². The van der Waals surface area contributed by atoms with Crippen LogP contribution in [0.2, 0.25) is 0 Å². The summed E-state index contributed by atoms with van der Waals surface area (Å²) < 4.78 is 24.2. The summed E-state index contributed by atoms with van der Waals surface area (Å²) in [5.41, 5.74) is 1.21. The average Bonchev–Trinajstić information content (AvgIpc) is 3.14. The van der Waals surface area contributed by atoms with Crippen molar-refractivity contribution in [2.24, 2.45) is 22.7 Å². The first-order chi connectivity index (χ1) is 15.4. The Balaban J connectivity index is 1.51. The molecule has 2 aliphatic carbocycles. The quantitative estimate of drug-likeness (QED) is 0.717. The predicted molar refractivity (Wildman–Crippen MR) is 121 cm³/mol. The lowest BCUT2D eigenvalue weighted by atomic mass is 9.58. The minimum atomic E-state index is -0.0671. The fourth-order valence-electron chi connectivity index (χ4n) is 7.16. The molecule has 0 aromatic heterocycles. The number of carbonyl (C=O) groups excluding carboxylic acids is 1. The Kier molecular flexibility index (Phi) is 5.55. The molecule has 0 radical (unpaired) electrons. The number of hydrogen-bond acceptors (Lipinski definition) is 5. The molecule has 2 heterocycles. The standard InChI is InChI=1S/C26H37NO5/c1-5-7-22(28)27-24-25(2,3)16-12-18-23(32-11-8-26(18,24)15-16)17-13-20-21(14-19(17)29-4)31-10-6-9-30-20/h13-14,16,18,23-24H,5-12,15H2,1-4H3,(H,27,28)/t16-,18-,23-,24+,26-/m1/s1. The van der Waals surface area contributed by atoms with Gasteiger partial charge in [0.15, 0.2) is 11.5 Å². The van der Waals surface area contributed by atoms with Crippen molar-refractivity contribution in [3.05, 3.63) is 17.7 Å².